The van der Waals surface area contributed by atoms with Crippen molar-refractivity contribution in [1.29, 1.82) is 0 Å². The number of rotatable bonds is 1. The van der Waals surface area contributed by atoms with Crippen molar-refractivity contribution in [3.63, 3.8) is 0 Å². The highest BCUT2D eigenvalue weighted by atomic mass is 14.3. The Morgan fingerprint density at radius 1 is 0.792 bits per heavy atom. The second-order valence-electron chi connectivity index (χ2n) is 8.00. The standard InChI is InChI=1S/C24H24/c1-16-14-21-20(12-13-23(22(21)15-16)24(2,3)4)19-11-7-9-17-8-5-6-10-18(17)19/h5-14H,15H2,1-4H3. The summed E-state index contributed by atoms with van der Waals surface area (Å²) < 4.78 is 0. The molecule has 4 rings (SSSR count). The van der Waals surface area contributed by atoms with Gasteiger partial charge in [-0.1, -0.05) is 87.0 Å². The minimum absolute atomic E-state index is 0.180. The average Bonchev–Trinajstić information content (AvgIpc) is 2.93. The van der Waals surface area contributed by atoms with E-state index in [1.807, 2.05) is 0 Å². The number of allylic oxidation sites excluding steroid dienone is 1. The smallest absolute Gasteiger partial charge is 0.00574 e. The van der Waals surface area contributed by atoms with Crippen molar-refractivity contribution in [2.45, 2.75) is 39.5 Å². The van der Waals surface area contributed by atoms with Gasteiger partial charge in [0.1, 0.15) is 0 Å². The van der Waals surface area contributed by atoms with E-state index in [0.29, 0.717) is 0 Å². The van der Waals surface area contributed by atoms with E-state index in [4.69, 9.17) is 0 Å². The minimum atomic E-state index is 0.180. The summed E-state index contributed by atoms with van der Waals surface area (Å²) in [6, 6.07) is 20.0. The van der Waals surface area contributed by atoms with Gasteiger partial charge >= 0.3 is 0 Å². The fraction of sp³-hybridized carbons (Fsp3) is 0.250. The van der Waals surface area contributed by atoms with Gasteiger partial charge in [0.05, 0.1) is 0 Å². The van der Waals surface area contributed by atoms with Crippen LogP contribution in [0.2, 0.25) is 0 Å². The first-order valence-electron chi connectivity index (χ1n) is 8.77. The first-order chi connectivity index (χ1) is 11.4. The molecule has 0 saturated carbocycles. The van der Waals surface area contributed by atoms with Crippen molar-refractivity contribution in [3.8, 4) is 11.1 Å². The molecule has 3 aromatic carbocycles. The molecule has 24 heavy (non-hydrogen) atoms. The molecule has 0 bridgehead atoms. The molecular formula is C24H24. The Hall–Kier alpha value is -2.34. The molecule has 0 radical (unpaired) electrons. The third-order valence-corrected chi connectivity index (χ3v) is 5.09. The summed E-state index contributed by atoms with van der Waals surface area (Å²) in [4.78, 5) is 0. The van der Waals surface area contributed by atoms with Gasteiger partial charge in [-0.3, -0.25) is 0 Å². The van der Waals surface area contributed by atoms with Gasteiger partial charge in [0.15, 0.2) is 0 Å². The van der Waals surface area contributed by atoms with Crippen LogP contribution in [-0.2, 0) is 11.8 Å². The zero-order chi connectivity index (χ0) is 16.9. The molecule has 0 heteroatoms. The maximum Gasteiger partial charge on any atom is -0.00574 e. The maximum absolute atomic E-state index is 2.39. The quantitative estimate of drug-likeness (QED) is 0.465. The fourth-order valence-electron chi connectivity index (χ4n) is 3.99. The van der Waals surface area contributed by atoms with E-state index in [-0.39, 0.29) is 5.41 Å². The average molecular weight is 312 g/mol. The Bertz CT molecular complexity index is 960. The van der Waals surface area contributed by atoms with Crippen LogP contribution >= 0.6 is 0 Å². The molecular weight excluding hydrogens is 288 g/mol. The van der Waals surface area contributed by atoms with Crippen LogP contribution in [-0.4, -0.2) is 0 Å². The Labute approximate surface area is 144 Å². The normalized spacial score (nSPS) is 13.9. The lowest BCUT2D eigenvalue weighted by Gasteiger charge is -2.24. The Kier molecular flexibility index (Phi) is 3.38. The lowest BCUT2D eigenvalue weighted by atomic mass is 9.80. The van der Waals surface area contributed by atoms with E-state index in [9.17, 15) is 0 Å². The van der Waals surface area contributed by atoms with E-state index < -0.39 is 0 Å². The first kappa shape index (κ1) is 15.2. The largest absolute Gasteiger partial charge is 0.0683 e. The minimum Gasteiger partial charge on any atom is -0.0683 e. The summed E-state index contributed by atoms with van der Waals surface area (Å²) in [7, 11) is 0. The maximum atomic E-state index is 2.39. The fourth-order valence-corrected chi connectivity index (χ4v) is 3.99. The van der Waals surface area contributed by atoms with Crippen LogP contribution < -0.4 is 0 Å². The Morgan fingerprint density at radius 3 is 2.33 bits per heavy atom. The molecule has 0 N–H and O–H groups in total. The molecule has 3 aromatic rings. The summed E-state index contributed by atoms with van der Waals surface area (Å²) >= 11 is 0. The van der Waals surface area contributed by atoms with Gasteiger partial charge in [0, 0.05) is 0 Å². The predicted octanol–water partition coefficient (Wildman–Crippen LogP) is 6.76. The van der Waals surface area contributed by atoms with Crippen molar-refractivity contribution >= 4 is 16.8 Å². The molecule has 0 amide bonds. The van der Waals surface area contributed by atoms with Crippen molar-refractivity contribution in [2.24, 2.45) is 0 Å². The van der Waals surface area contributed by atoms with E-state index in [0.717, 1.165) is 6.42 Å². The molecule has 0 aromatic heterocycles. The van der Waals surface area contributed by atoms with Gasteiger partial charge in [0.25, 0.3) is 0 Å². The summed E-state index contributed by atoms with van der Waals surface area (Å²) in [5, 5.41) is 2.64. The molecule has 0 heterocycles. The van der Waals surface area contributed by atoms with Gasteiger partial charge in [-0.05, 0) is 57.3 Å². The third-order valence-electron chi connectivity index (χ3n) is 5.09. The lowest BCUT2D eigenvalue weighted by molar-refractivity contribution is 0.584. The molecule has 1 aliphatic rings. The van der Waals surface area contributed by atoms with Gasteiger partial charge in [-0.15, -0.1) is 0 Å². The topological polar surface area (TPSA) is 0 Å². The van der Waals surface area contributed by atoms with E-state index in [1.165, 1.54) is 44.2 Å². The Morgan fingerprint density at radius 2 is 1.54 bits per heavy atom. The van der Waals surface area contributed by atoms with Gasteiger partial charge in [-0.25, -0.2) is 0 Å². The molecule has 0 nitrogen and oxygen atoms in total. The van der Waals surface area contributed by atoms with Crippen LogP contribution in [0, 0.1) is 0 Å². The molecule has 0 saturated heterocycles. The summed E-state index contributed by atoms with van der Waals surface area (Å²) in [6.07, 6.45) is 3.47. The zero-order valence-corrected chi connectivity index (χ0v) is 15.0. The molecule has 0 spiro atoms. The third kappa shape index (κ3) is 2.38. The van der Waals surface area contributed by atoms with Crippen LogP contribution in [0.4, 0.5) is 0 Å². The van der Waals surface area contributed by atoms with Gasteiger partial charge < -0.3 is 0 Å². The molecule has 1 aliphatic carbocycles. The SMILES string of the molecule is CC1=Cc2c(-c3cccc4ccccc34)ccc(C(C)(C)C)c2C1. The van der Waals surface area contributed by atoms with E-state index in [2.05, 4.69) is 88.4 Å². The van der Waals surface area contributed by atoms with Gasteiger partial charge in [-0.2, -0.15) is 0 Å². The second kappa shape index (κ2) is 5.34. The highest BCUT2D eigenvalue weighted by molar-refractivity contribution is 5.99. The first-order valence-corrected chi connectivity index (χ1v) is 8.77. The summed E-state index contributed by atoms with van der Waals surface area (Å²) in [5.74, 6) is 0. The number of benzene rings is 3. The van der Waals surface area contributed by atoms with Crippen LogP contribution in [0.3, 0.4) is 0 Å². The van der Waals surface area contributed by atoms with Crippen molar-refractivity contribution < 1.29 is 0 Å². The van der Waals surface area contributed by atoms with E-state index in [1.54, 1.807) is 0 Å². The van der Waals surface area contributed by atoms with Crippen LogP contribution in [0.25, 0.3) is 28.0 Å². The van der Waals surface area contributed by atoms with E-state index >= 15 is 0 Å². The second-order valence-corrected chi connectivity index (χ2v) is 8.00. The monoisotopic (exact) mass is 312 g/mol. The number of hydrogen-bond acceptors (Lipinski definition) is 0. The van der Waals surface area contributed by atoms with Crippen molar-refractivity contribution in [1.82, 2.24) is 0 Å². The van der Waals surface area contributed by atoms with Crippen molar-refractivity contribution in [3.05, 3.63) is 76.9 Å². The highest BCUT2D eigenvalue weighted by Crippen LogP contribution is 2.41. The number of hydrogen-bond donors (Lipinski definition) is 0. The van der Waals surface area contributed by atoms with Gasteiger partial charge in [0.2, 0.25) is 0 Å². The lowest BCUT2D eigenvalue weighted by Crippen LogP contribution is -2.14. The number of fused-ring (bicyclic) bond motifs is 2. The van der Waals surface area contributed by atoms with Crippen molar-refractivity contribution in [2.75, 3.05) is 0 Å². The molecule has 0 fully saturated rings. The Balaban J connectivity index is 2.02. The highest BCUT2D eigenvalue weighted by Gasteiger charge is 2.25. The summed E-state index contributed by atoms with van der Waals surface area (Å²) in [5.41, 5.74) is 8.78. The predicted molar refractivity (Wildman–Crippen MR) is 105 cm³/mol. The van der Waals surface area contributed by atoms with Crippen LogP contribution in [0.5, 0.6) is 0 Å². The van der Waals surface area contributed by atoms with Crippen LogP contribution in [0.15, 0.2) is 60.2 Å². The summed E-state index contributed by atoms with van der Waals surface area (Å²) in [6.45, 7) is 9.19. The zero-order valence-electron chi connectivity index (χ0n) is 15.0. The van der Waals surface area contributed by atoms with Crippen LogP contribution in [0.1, 0.15) is 44.4 Å². The molecule has 120 valence electrons. The molecule has 0 unspecified atom stereocenters. The molecule has 0 aliphatic heterocycles. The molecule has 0 atom stereocenters.